The number of aromatic amines is 1. The molecule has 3 aliphatic rings. The van der Waals surface area contributed by atoms with Crippen molar-refractivity contribution in [3.05, 3.63) is 65.5 Å². The lowest BCUT2D eigenvalue weighted by atomic mass is 10.1. The molecule has 1 fully saturated rings. The number of carbonyl (C=O) groups is 1. The van der Waals surface area contributed by atoms with Crippen LogP contribution in [-0.4, -0.2) is 34.5 Å². The average Bonchev–Trinajstić information content (AvgIpc) is 3.29. The summed E-state index contributed by atoms with van der Waals surface area (Å²) in [6, 6.07) is 10.5. The molecule has 2 aromatic rings. The first kappa shape index (κ1) is 18.6. The molecule has 1 aromatic heterocycles. The minimum atomic E-state index is 0.0932. The molecule has 3 heterocycles. The number of fused-ring (bicyclic) bond motifs is 1. The highest BCUT2D eigenvalue weighted by Crippen LogP contribution is 2.22. The average molecular weight is 404 g/mol. The van der Waals surface area contributed by atoms with Gasteiger partial charge < -0.3 is 10.2 Å². The van der Waals surface area contributed by atoms with E-state index in [1.165, 1.54) is 0 Å². The molecular weight excluding hydrogens is 378 g/mol. The van der Waals surface area contributed by atoms with E-state index in [0.29, 0.717) is 19.0 Å². The van der Waals surface area contributed by atoms with Crippen molar-refractivity contribution in [3.63, 3.8) is 0 Å². The smallest absolute Gasteiger partial charge is 0.232 e. The highest BCUT2D eigenvalue weighted by molar-refractivity contribution is 5.85. The summed E-state index contributed by atoms with van der Waals surface area (Å²) in [6.07, 6.45) is 6.80. The Morgan fingerprint density at radius 1 is 1.30 bits per heavy atom. The molecule has 0 bridgehead atoms. The molecule has 30 heavy (non-hydrogen) atoms. The Morgan fingerprint density at radius 3 is 2.93 bits per heavy atom. The zero-order valence-electron chi connectivity index (χ0n) is 17.2. The molecule has 8 nitrogen and oxygen atoms in total. The van der Waals surface area contributed by atoms with Gasteiger partial charge in [0.25, 0.3) is 0 Å². The number of rotatable bonds is 6. The number of aryl methyl sites for hydroxylation is 1. The molecule has 8 heteroatoms. The van der Waals surface area contributed by atoms with Gasteiger partial charge in [0.1, 0.15) is 12.7 Å². The maximum absolute atomic E-state index is 12.2. The highest BCUT2D eigenvalue weighted by Gasteiger charge is 2.33. The predicted octanol–water partition coefficient (Wildman–Crippen LogP) is 1.43. The number of allylic oxidation sites excluding steroid dienone is 1. The van der Waals surface area contributed by atoms with E-state index in [4.69, 9.17) is 4.99 Å². The molecule has 0 spiro atoms. The number of amides is 1. The van der Waals surface area contributed by atoms with Gasteiger partial charge in [-0.2, -0.15) is 10.1 Å². The maximum Gasteiger partial charge on any atom is 0.232 e. The zero-order valence-corrected chi connectivity index (χ0v) is 17.2. The Morgan fingerprint density at radius 2 is 2.17 bits per heavy atom. The van der Waals surface area contributed by atoms with Crippen molar-refractivity contribution in [2.45, 2.75) is 39.2 Å². The number of nitrogens with one attached hydrogen (secondary N) is 4. The van der Waals surface area contributed by atoms with Crippen LogP contribution in [0.2, 0.25) is 0 Å². The summed E-state index contributed by atoms with van der Waals surface area (Å²) >= 11 is 0. The maximum atomic E-state index is 12.2. The number of carbonyl (C=O) groups excluding carboxylic acids is 1. The number of aromatic nitrogens is 2. The second kappa shape index (κ2) is 7.46. The second-order valence-electron chi connectivity index (χ2n) is 8.18. The van der Waals surface area contributed by atoms with Crippen LogP contribution >= 0.6 is 0 Å². The fraction of sp³-hybridized carbons (Fsp3) is 0.318. The first-order chi connectivity index (χ1) is 14.5. The van der Waals surface area contributed by atoms with Crippen molar-refractivity contribution < 1.29 is 9.69 Å². The van der Waals surface area contributed by atoms with Crippen LogP contribution < -0.4 is 20.4 Å². The Balaban J connectivity index is 1.39. The third kappa shape index (κ3) is 3.99. The number of hydrogen-bond acceptors (Lipinski definition) is 5. The van der Waals surface area contributed by atoms with E-state index in [1.54, 1.807) is 0 Å². The fourth-order valence-corrected chi connectivity index (χ4v) is 3.81. The predicted molar refractivity (Wildman–Crippen MR) is 116 cm³/mol. The molecule has 0 saturated heterocycles. The lowest BCUT2D eigenvalue weighted by Gasteiger charge is -2.29. The number of anilines is 2. The van der Waals surface area contributed by atoms with Crippen molar-refractivity contribution in [1.29, 1.82) is 0 Å². The minimum Gasteiger partial charge on any atom is -0.353 e. The van der Waals surface area contributed by atoms with Crippen LogP contribution in [0.3, 0.4) is 0 Å². The summed E-state index contributed by atoms with van der Waals surface area (Å²) in [5, 5.41) is 13.7. The quantitative estimate of drug-likeness (QED) is 0.586. The Kier molecular flexibility index (Phi) is 4.63. The Bertz CT molecular complexity index is 1080. The van der Waals surface area contributed by atoms with Crippen LogP contribution in [0.4, 0.5) is 11.5 Å². The van der Waals surface area contributed by atoms with E-state index >= 15 is 0 Å². The first-order valence-corrected chi connectivity index (χ1v) is 10.3. The number of quaternary nitrogens is 1. The van der Waals surface area contributed by atoms with E-state index in [2.05, 4.69) is 50.3 Å². The van der Waals surface area contributed by atoms with Crippen molar-refractivity contribution in [2.24, 2.45) is 4.99 Å². The van der Waals surface area contributed by atoms with Crippen LogP contribution in [0, 0.1) is 6.92 Å². The third-order valence-corrected chi connectivity index (χ3v) is 5.39. The summed E-state index contributed by atoms with van der Waals surface area (Å²) in [7, 11) is 0. The number of amidine groups is 1. The third-order valence-electron chi connectivity index (χ3n) is 5.39. The zero-order chi connectivity index (χ0) is 20.7. The number of hydrogen-bond donors (Lipinski definition) is 4. The van der Waals surface area contributed by atoms with E-state index in [9.17, 15) is 4.79 Å². The van der Waals surface area contributed by atoms with Crippen LogP contribution in [0.25, 0.3) is 0 Å². The van der Waals surface area contributed by atoms with Crippen LogP contribution in [0.1, 0.15) is 31.0 Å². The SMILES string of the molecule is CC1=C[NH+]2C(Nc3cc(C)[nH]n3)=CN(c3cccc(CC(=O)NC4CC4)c3)CC2=N1. The number of aliphatic imine (C=N–C) groups is 1. The van der Waals surface area contributed by atoms with Crippen LogP contribution in [-0.2, 0) is 11.2 Å². The molecule has 154 valence electrons. The molecule has 4 N–H and O–H groups in total. The van der Waals surface area contributed by atoms with Gasteiger partial charge in [-0.15, -0.1) is 0 Å². The molecular formula is C22H26N7O+. The monoisotopic (exact) mass is 404 g/mol. The fourth-order valence-electron chi connectivity index (χ4n) is 3.81. The Labute approximate surface area is 175 Å². The van der Waals surface area contributed by atoms with Gasteiger partial charge in [0.15, 0.2) is 5.82 Å². The second-order valence-corrected chi connectivity index (χ2v) is 8.18. The number of nitrogens with zero attached hydrogens (tertiary/aromatic N) is 3. The van der Waals surface area contributed by atoms with Gasteiger partial charge in [0.05, 0.1) is 18.3 Å². The summed E-state index contributed by atoms with van der Waals surface area (Å²) in [4.78, 5) is 20.2. The van der Waals surface area contributed by atoms with Gasteiger partial charge in [0, 0.05) is 23.5 Å². The molecule has 0 radical (unpaired) electrons. The first-order valence-electron chi connectivity index (χ1n) is 10.3. The lowest BCUT2D eigenvalue weighted by Crippen LogP contribution is -3.10. The molecule has 1 atom stereocenters. The summed E-state index contributed by atoms with van der Waals surface area (Å²) in [6.45, 7) is 4.67. The van der Waals surface area contributed by atoms with E-state index < -0.39 is 0 Å². The lowest BCUT2D eigenvalue weighted by molar-refractivity contribution is -0.698. The largest absolute Gasteiger partial charge is 0.353 e. The topological polar surface area (TPSA) is 89.9 Å². The molecule has 5 rings (SSSR count). The van der Waals surface area contributed by atoms with Crippen LogP contribution in [0.15, 0.2) is 59.2 Å². The summed E-state index contributed by atoms with van der Waals surface area (Å²) in [5.74, 6) is 2.86. The van der Waals surface area contributed by atoms with Crippen molar-refractivity contribution in [3.8, 4) is 0 Å². The number of benzene rings is 1. The van der Waals surface area contributed by atoms with Gasteiger partial charge in [0.2, 0.25) is 17.6 Å². The molecule has 1 aromatic carbocycles. The van der Waals surface area contributed by atoms with Gasteiger partial charge in [-0.3, -0.25) is 15.2 Å². The molecule has 1 unspecified atom stereocenters. The summed E-state index contributed by atoms with van der Waals surface area (Å²) in [5.41, 5.74) is 4.04. The minimum absolute atomic E-state index is 0.0932. The van der Waals surface area contributed by atoms with Crippen molar-refractivity contribution in [2.75, 3.05) is 16.8 Å². The van der Waals surface area contributed by atoms with Gasteiger partial charge in [-0.25, -0.2) is 4.90 Å². The molecule has 1 amide bonds. The van der Waals surface area contributed by atoms with Gasteiger partial charge in [-0.1, -0.05) is 12.1 Å². The van der Waals surface area contributed by atoms with Gasteiger partial charge in [-0.05, 0) is 44.4 Å². The molecule has 1 aliphatic carbocycles. The molecule has 1 saturated carbocycles. The Hall–Kier alpha value is -3.39. The molecule has 2 aliphatic heterocycles. The van der Waals surface area contributed by atoms with Crippen LogP contribution in [0.5, 0.6) is 0 Å². The van der Waals surface area contributed by atoms with E-state index in [1.807, 2.05) is 32.0 Å². The highest BCUT2D eigenvalue weighted by atomic mass is 16.1. The van der Waals surface area contributed by atoms with E-state index in [0.717, 1.165) is 57.9 Å². The van der Waals surface area contributed by atoms with Crippen molar-refractivity contribution in [1.82, 2.24) is 15.5 Å². The number of H-pyrrole nitrogens is 1. The summed E-state index contributed by atoms with van der Waals surface area (Å²) < 4.78 is 0. The normalized spacial score (nSPS) is 20.3. The van der Waals surface area contributed by atoms with E-state index in [-0.39, 0.29) is 5.91 Å². The van der Waals surface area contributed by atoms with Crippen molar-refractivity contribution >= 4 is 23.2 Å². The van der Waals surface area contributed by atoms with Gasteiger partial charge >= 0.3 is 0 Å². The standard InChI is InChI=1S/C22H25N7O/c1-14-8-19(27-26-14)25-21-13-28(12-20-23-15(2)11-29(20)21)18-5-3-4-16(9-18)10-22(30)24-17-6-7-17/h3-5,8-9,11,13,17H,6-7,10,12H2,1-2H3,(H,24,30)(H2,25,26,27)/p+1.